The van der Waals surface area contributed by atoms with Crippen molar-refractivity contribution in [3.8, 4) is 5.75 Å². The van der Waals surface area contributed by atoms with Crippen LogP contribution in [0.15, 0.2) is 12.4 Å². The predicted octanol–water partition coefficient (Wildman–Crippen LogP) is 1.20. The van der Waals surface area contributed by atoms with Gasteiger partial charge in [0.1, 0.15) is 5.75 Å². The second kappa shape index (κ2) is 3.48. The zero-order valence-electron chi connectivity index (χ0n) is 9.78. The highest BCUT2D eigenvalue weighted by Gasteiger charge is 2.25. The third-order valence-corrected chi connectivity index (χ3v) is 3.00. The molecule has 2 aromatic rings. The average Bonchev–Trinajstić information content (AvgIpc) is 2.93. The van der Waals surface area contributed by atoms with Gasteiger partial charge in [-0.1, -0.05) is 0 Å². The number of ether oxygens (including phenoxy) is 1. The van der Waals surface area contributed by atoms with Gasteiger partial charge in [0.05, 0.1) is 29.5 Å². The first-order valence-electron chi connectivity index (χ1n) is 5.52. The topological polar surface area (TPSA) is 58.2 Å². The molecule has 5 nitrogen and oxygen atoms in total. The van der Waals surface area contributed by atoms with Crippen LogP contribution in [0.4, 0.5) is 0 Å². The molecule has 0 aliphatic carbocycles. The first kappa shape index (κ1) is 10.1. The Kier molecular flexibility index (Phi) is 2.07. The van der Waals surface area contributed by atoms with Gasteiger partial charge >= 0.3 is 0 Å². The molecule has 88 valence electrons. The Labute approximate surface area is 98.4 Å². The number of nitrogens with one attached hydrogen (secondary N) is 1. The van der Waals surface area contributed by atoms with Crippen LogP contribution < -0.4 is 4.74 Å². The summed E-state index contributed by atoms with van der Waals surface area (Å²) in [6, 6.07) is 1.81. The van der Waals surface area contributed by atoms with E-state index in [1.54, 1.807) is 25.3 Å². The minimum atomic E-state index is -0.0420. The molecule has 0 saturated heterocycles. The Hall–Kier alpha value is -2.04. The molecule has 5 heteroatoms. The molecule has 0 saturated carbocycles. The number of hydrogen-bond donors (Lipinski definition) is 1. The van der Waals surface area contributed by atoms with Gasteiger partial charge in [-0.05, 0) is 6.07 Å². The van der Waals surface area contributed by atoms with Crippen LogP contribution in [-0.4, -0.2) is 41.5 Å². The predicted molar refractivity (Wildman–Crippen MR) is 63.3 cm³/mol. The number of imidazole rings is 1. The molecule has 1 amide bonds. The molecular formula is C12H13N3O2. The van der Waals surface area contributed by atoms with E-state index in [-0.39, 0.29) is 5.91 Å². The Morgan fingerprint density at radius 1 is 1.53 bits per heavy atom. The van der Waals surface area contributed by atoms with Crippen LogP contribution in [0, 0.1) is 0 Å². The SMILES string of the molecule is CN(C)C(=O)c1cc2[nH]cnc2c2c1OCC2. The number of benzene rings is 1. The zero-order valence-corrected chi connectivity index (χ0v) is 9.78. The Morgan fingerprint density at radius 3 is 3.12 bits per heavy atom. The number of carbonyl (C=O) groups excluding carboxylic acids is 1. The number of hydrogen-bond acceptors (Lipinski definition) is 3. The molecule has 0 bridgehead atoms. The normalized spacial score (nSPS) is 13.5. The second-order valence-corrected chi connectivity index (χ2v) is 4.33. The van der Waals surface area contributed by atoms with E-state index in [1.807, 2.05) is 6.07 Å². The van der Waals surface area contributed by atoms with Gasteiger partial charge in [0.25, 0.3) is 5.91 Å². The van der Waals surface area contributed by atoms with Crippen LogP contribution >= 0.6 is 0 Å². The summed E-state index contributed by atoms with van der Waals surface area (Å²) in [7, 11) is 3.47. The first-order valence-corrected chi connectivity index (χ1v) is 5.52. The Morgan fingerprint density at radius 2 is 2.35 bits per heavy atom. The van der Waals surface area contributed by atoms with Crippen molar-refractivity contribution >= 4 is 16.9 Å². The number of fused-ring (bicyclic) bond motifs is 3. The highest BCUT2D eigenvalue weighted by molar-refractivity contribution is 6.01. The van der Waals surface area contributed by atoms with Gasteiger partial charge in [-0.25, -0.2) is 4.98 Å². The summed E-state index contributed by atoms with van der Waals surface area (Å²) in [5, 5.41) is 0. The van der Waals surface area contributed by atoms with Gasteiger partial charge < -0.3 is 14.6 Å². The summed E-state index contributed by atoms with van der Waals surface area (Å²) < 4.78 is 5.58. The first-order chi connectivity index (χ1) is 8.18. The molecule has 1 aliphatic rings. The van der Waals surface area contributed by atoms with Crippen LogP contribution in [0.5, 0.6) is 5.75 Å². The second-order valence-electron chi connectivity index (χ2n) is 4.33. The quantitative estimate of drug-likeness (QED) is 0.802. The van der Waals surface area contributed by atoms with Gasteiger partial charge in [0.2, 0.25) is 0 Å². The molecule has 1 aromatic carbocycles. The molecule has 2 heterocycles. The van der Waals surface area contributed by atoms with Crippen molar-refractivity contribution in [2.24, 2.45) is 0 Å². The van der Waals surface area contributed by atoms with Gasteiger partial charge in [-0.3, -0.25) is 4.79 Å². The van der Waals surface area contributed by atoms with Crippen molar-refractivity contribution in [3.05, 3.63) is 23.5 Å². The lowest BCUT2D eigenvalue weighted by Crippen LogP contribution is -2.22. The third-order valence-electron chi connectivity index (χ3n) is 3.00. The molecule has 0 fully saturated rings. The zero-order chi connectivity index (χ0) is 12.0. The number of aromatic amines is 1. The lowest BCUT2D eigenvalue weighted by atomic mass is 10.0. The van der Waals surface area contributed by atoms with Gasteiger partial charge in [-0.15, -0.1) is 0 Å². The molecule has 17 heavy (non-hydrogen) atoms. The summed E-state index contributed by atoms with van der Waals surface area (Å²) in [6.07, 6.45) is 2.46. The van der Waals surface area contributed by atoms with Crippen molar-refractivity contribution in [3.63, 3.8) is 0 Å². The number of amides is 1. The average molecular weight is 231 g/mol. The van der Waals surface area contributed by atoms with E-state index >= 15 is 0 Å². The maximum Gasteiger partial charge on any atom is 0.257 e. The van der Waals surface area contributed by atoms with Crippen molar-refractivity contribution in [2.75, 3.05) is 20.7 Å². The smallest absolute Gasteiger partial charge is 0.257 e. The standard InChI is InChI=1S/C12H13N3O2/c1-15(2)12(16)8-5-9-10(14-6-13-9)7-3-4-17-11(7)8/h5-6H,3-4H2,1-2H3,(H,13,14). The van der Waals surface area contributed by atoms with Crippen LogP contribution in [-0.2, 0) is 6.42 Å². The summed E-state index contributed by atoms with van der Waals surface area (Å²) >= 11 is 0. The fourth-order valence-electron chi connectivity index (χ4n) is 2.19. The highest BCUT2D eigenvalue weighted by Crippen LogP contribution is 2.35. The van der Waals surface area contributed by atoms with E-state index in [0.717, 1.165) is 23.0 Å². The Balaban J connectivity index is 2.28. The fourth-order valence-corrected chi connectivity index (χ4v) is 2.19. The molecule has 1 aliphatic heterocycles. The minimum Gasteiger partial charge on any atom is -0.492 e. The molecule has 0 unspecified atom stereocenters. The summed E-state index contributed by atoms with van der Waals surface area (Å²) in [5.74, 6) is 0.656. The summed E-state index contributed by atoms with van der Waals surface area (Å²) in [5.41, 5.74) is 3.44. The molecule has 0 atom stereocenters. The molecule has 0 radical (unpaired) electrons. The van der Waals surface area contributed by atoms with Gasteiger partial charge in [0.15, 0.2) is 0 Å². The fraction of sp³-hybridized carbons (Fsp3) is 0.333. The number of carbonyl (C=O) groups is 1. The van der Waals surface area contributed by atoms with Crippen molar-refractivity contribution < 1.29 is 9.53 Å². The largest absolute Gasteiger partial charge is 0.492 e. The van der Waals surface area contributed by atoms with Crippen LogP contribution in [0.25, 0.3) is 11.0 Å². The van der Waals surface area contributed by atoms with E-state index in [0.29, 0.717) is 17.9 Å². The summed E-state index contributed by atoms with van der Waals surface area (Å²) in [6.45, 7) is 0.620. The van der Waals surface area contributed by atoms with E-state index < -0.39 is 0 Å². The van der Waals surface area contributed by atoms with E-state index in [1.165, 1.54) is 0 Å². The highest BCUT2D eigenvalue weighted by atomic mass is 16.5. The number of nitrogens with zero attached hydrogens (tertiary/aromatic N) is 2. The molecule has 3 rings (SSSR count). The number of H-pyrrole nitrogens is 1. The van der Waals surface area contributed by atoms with Crippen molar-refractivity contribution in [1.82, 2.24) is 14.9 Å². The van der Waals surface area contributed by atoms with Crippen LogP contribution in [0.2, 0.25) is 0 Å². The lowest BCUT2D eigenvalue weighted by molar-refractivity contribution is 0.0824. The minimum absolute atomic E-state index is 0.0420. The molecule has 0 spiro atoms. The summed E-state index contributed by atoms with van der Waals surface area (Å²) in [4.78, 5) is 21.0. The van der Waals surface area contributed by atoms with Crippen molar-refractivity contribution in [2.45, 2.75) is 6.42 Å². The molecule has 1 aromatic heterocycles. The molecular weight excluding hydrogens is 218 g/mol. The van der Waals surface area contributed by atoms with Crippen molar-refractivity contribution in [1.29, 1.82) is 0 Å². The van der Waals surface area contributed by atoms with Gasteiger partial charge in [-0.2, -0.15) is 0 Å². The monoisotopic (exact) mass is 231 g/mol. The third kappa shape index (κ3) is 1.39. The van der Waals surface area contributed by atoms with Gasteiger partial charge in [0, 0.05) is 26.1 Å². The lowest BCUT2D eigenvalue weighted by Gasteiger charge is -2.13. The number of rotatable bonds is 1. The number of aromatic nitrogens is 2. The van der Waals surface area contributed by atoms with E-state index in [4.69, 9.17) is 4.74 Å². The van der Waals surface area contributed by atoms with E-state index in [9.17, 15) is 4.79 Å². The Bertz CT molecular complexity index is 601. The van der Waals surface area contributed by atoms with Crippen LogP contribution in [0.1, 0.15) is 15.9 Å². The molecule has 1 N–H and O–H groups in total. The maximum atomic E-state index is 12.1. The van der Waals surface area contributed by atoms with E-state index in [2.05, 4.69) is 9.97 Å². The van der Waals surface area contributed by atoms with Crippen LogP contribution in [0.3, 0.4) is 0 Å². The maximum absolute atomic E-state index is 12.1.